The molecule has 0 unspecified atom stereocenters. The van der Waals surface area contributed by atoms with Crippen LogP contribution in [0.4, 0.5) is 0 Å². The largest absolute Gasteiger partial charge is 0.265 e. The zero-order valence-corrected chi connectivity index (χ0v) is 11.5. The fourth-order valence-corrected chi connectivity index (χ4v) is 2.45. The molecule has 0 saturated heterocycles. The summed E-state index contributed by atoms with van der Waals surface area (Å²) in [5.74, 6) is 1.16. The molecule has 1 aliphatic rings. The molecule has 0 aromatic carbocycles. The minimum Gasteiger partial charge on any atom is -0.265 e. The van der Waals surface area contributed by atoms with Crippen molar-refractivity contribution in [2.24, 2.45) is 7.05 Å². The summed E-state index contributed by atoms with van der Waals surface area (Å²) in [7, 11) is 1.87. The van der Waals surface area contributed by atoms with Gasteiger partial charge in [0.15, 0.2) is 5.82 Å². The molecular weight excluding hydrogens is 304 g/mol. The number of hydrogen-bond acceptors (Lipinski definition) is 3. The maximum absolute atomic E-state index is 6.13. The molecule has 88 valence electrons. The molecule has 2 aromatic rings. The van der Waals surface area contributed by atoms with Gasteiger partial charge in [0.25, 0.3) is 0 Å². The van der Waals surface area contributed by atoms with Crippen LogP contribution in [-0.2, 0) is 7.05 Å². The van der Waals surface area contributed by atoms with E-state index in [9.17, 15) is 0 Å². The Balaban J connectivity index is 2.15. The van der Waals surface area contributed by atoms with E-state index in [0.29, 0.717) is 16.9 Å². The highest BCUT2D eigenvalue weighted by Gasteiger charge is 2.29. The fraction of sp³-hybridized carbons (Fsp3) is 0.364. The summed E-state index contributed by atoms with van der Waals surface area (Å²) in [6.45, 7) is 0. The summed E-state index contributed by atoms with van der Waals surface area (Å²) in [5.41, 5.74) is 1.89. The number of aromatic nitrogens is 4. The van der Waals surface area contributed by atoms with Crippen molar-refractivity contribution in [3.8, 4) is 11.5 Å². The van der Waals surface area contributed by atoms with Gasteiger partial charge in [-0.25, -0.2) is 9.97 Å². The topological polar surface area (TPSA) is 43.6 Å². The second-order valence-corrected chi connectivity index (χ2v) is 5.30. The van der Waals surface area contributed by atoms with E-state index in [0.717, 1.165) is 15.9 Å². The van der Waals surface area contributed by atoms with E-state index in [-0.39, 0.29) is 0 Å². The molecule has 3 rings (SSSR count). The van der Waals surface area contributed by atoms with Gasteiger partial charge < -0.3 is 0 Å². The van der Waals surface area contributed by atoms with E-state index in [1.807, 2.05) is 13.1 Å². The second kappa shape index (κ2) is 4.07. The minimum atomic E-state index is 0.470. The maximum Gasteiger partial charge on any atom is 0.179 e. The summed E-state index contributed by atoms with van der Waals surface area (Å²) in [6.07, 6.45) is 4.08. The van der Waals surface area contributed by atoms with Crippen molar-refractivity contribution in [3.05, 3.63) is 27.6 Å². The summed E-state index contributed by atoms with van der Waals surface area (Å²) >= 11 is 9.59. The van der Waals surface area contributed by atoms with E-state index in [1.54, 1.807) is 10.9 Å². The summed E-state index contributed by atoms with van der Waals surface area (Å²) in [4.78, 5) is 8.89. The number of halogens is 2. The summed E-state index contributed by atoms with van der Waals surface area (Å²) in [5, 5.41) is 4.59. The molecular formula is C11H10BrClN4. The van der Waals surface area contributed by atoms with Gasteiger partial charge in [-0.15, -0.1) is 0 Å². The van der Waals surface area contributed by atoms with Crippen molar-refractivity contribution in [1.29, 1.82) is 0 Å². The third-order valence-electron chi connectivity index (χ3n) is 2.85. The molecule has 1 aliphatic carbocycles. The molecule has 0 bridgehead atoms. The maximum atomic E-state index is 6.13. The van der Waals surface area contributed by atoms with Crippen LogP contribution in [-0.4, -0.2) is 19.7 Å². The molecule has 0 spiro atoms. The Morgan fingerprint density at radius 1 is 1.41 bits per heavy atom. The highest BCUT2D eigenvalue weighted by atomic mass is 79.9. The highest BCUT2D eigenvalue weighted by Crippen LogP contribution is 2.44. The van der Waals surface area contributed by atoms with E-state index in [2.05, 4.69) is 31.0 Å². The van der Waals surface area contributed by atoms with Crippen molar-refractivity contribution in [2.45, 2.75) is 18.8 Å². The average molecular weight is 314 g/mol. The lowest BCUT2D eigenvalue weighted by molar-refractivity contribution is 0.768. The van der Waals surface area contributed by atoms with Crippen LogP contribution < -0.4 is 0 Å². The zero-order chi connectivity index (χ0) is 12.0. The van der Waals surface area contributed by atoms with Crippen LogP contribution in [0.25, 0.3) is 11.5 Å². The van der Waals surface area contributed by atoms with Gasteiger partial charge in [-0.3, -0.25) is 4.68 Å². The standard InChI is InChI=1S/C11H10BrClN4/c1-17-7(4-5-14-17)11-15-9(6-2-3-6)8(12)10(13)16-11/h4-6H,2-3H2,1H3. The predicted octanol–water partition coefficient (Wildman–Crippen LogP) is 3.17. The minimum absolute atomic E-state index is 0.470. The SMILES string of the molecule is Cn1nccc1-c1nc(Cl)c(Br)c(C2CC2)n1. The Labute approximate surface area is 112 Å². The van der Waals surface area contributed by atoms with E-state index < -0.39 is 0 Å². The normalized spacial score (nSPS) is 15.2. The van der Waals surface area contributed by atoms with Gasteiger partial charge >= 0.3 is 0 Å². The van der Waals surface area contributed by atoms with Crippen LogP contribution in [0, 0.1) is 0 Å². The van der Waals surface area contributed by atoms with E-state index >= 15 is 0 Å². The summed E-state index contributed by atoms with van der Waals surface area (Å²) < 4.78 is 2.57. The molecule has 17 heavy (non-hydrogen) atoms. The smallest absolute Gasteiger partial charge is 0.179 e. The Bertz CT molecular complexity index is 577. The first-order chi connectivity index (χ1) is 8.16. The number of aryl methyl sites for hydroxylation is 1. The quantitative estimate of drug-likeness (QED) is 0.800. The van der Waals surface area contributed by atoms with Gasteiger partial charge in [0, 0.05) is 19.2 Å². The molecule has 0 radical (unpaired) electrons. The Hall–Kier alpha value is -0.940. The monoisotopic (exact) mass is 312 g/mol. The number of nitrogens with zero attached hydrogens (tertiary/aromatic N) is 4. The van der Waals surface area contributed by atoms with Crippen molar-refractivity contribution >= 4 is 27.5 Å². The van der Waals surface area contributed by atoms with Crippen molar-refractivity contribution in [1.82, 2.24) is 19.7 Å². The third kappa shape index (κ3) is 1.98. The van der Waals surface area contributed by atoms with Gasteiger partial charge in [0.05, 0.1) is 10.2 Å². The molecule has 0 atom stereocenters. The lowest BCUT2D eigenvalue weighted by Gasteiger charge is -2.07. The molecule has 0 aliphatic heterocycles. The Morgan fingerprint density at radius 3 is 2.76 bits per heavy atom. The van der Waals surface area contributed by atoms with Crippen LogP contribution in [0.3, 0.4) is 0 Å². The van der Waals surface area contributed by atoms with Crippen LogP contribution in [0.1, 0.15) is 24.5 Å². The molecule has 1 fully saturated rings. The molecule has 0 amide bonds. The molecule has 2 heterocycles. The van der Waals surface area contributed by atoms with Crippen molar-refractivity contribution < 1.29 is 0 Å². The highest BCUT2D eigenvalue weighted by molar-refractivity contribution is 9.10. The van der Waals surface area contributed by atoms with Crippen LogP contribution in [0.15, 0.2) is 16.7 Å². The van der Waals surface area contributed by atoms with Crippen LogP contribution in [0.5, 0.6) is 0 Å². The van der Waals surface area contributed by atoms with Gasteiger partial charge in [-0.05, 0) is 34.8 Å². The van der Waals surface area contributed by atoms with E-state index in [4.69, 9.17) is 11.6 Å². The lowest BCUT2D eigenvalue weighted by Crippen LogP contribution is -2.01. The first-order valence-electron chi connectivity index (χ1n) is 5.38. The fourth-order valence-electron chi connectivity index (χ4n) is 1.77. The molecule has 0 N–H and O–H groups in total. The van der Waals surface area contributed by atoms with Gasteiger partial charge in [0.1, 0.15) is 10.8 Å². The zero-order valence-electron chi connectivity index (χ0n) is 9.19. The van der Waals surface area contributed by atoms with Crippen LogP contribution in [0.2, 0.25) is 5.15 Å². The van der Waals surface area contributed by atoms with Gasteiger partial charge in [0.2, 0.25) is 0 Å². The first kappa shape index (κ1) is 11.2. The summed E-state index contributed by atoms with van der Waals surface area (Å²) in [6, 6.07) is 1.89. The Morgan fingerprint density at radius 2 is 2.18 bits per heavy atom. The molecule has 6 heteroatoms. The average Bonchev–Trinajstić information content (AvgIpc) is 3.05. The second-order valence-electron chi connectivity index (χ2n) is 4.15. The lowest BCUT2D eigenvalue weighted by atomic mass is 10.2. The van der Waals surface area contributed by atoms with Gasteiger partial charge in [-0.2, -0.15) is 5.10 Å². The number of hydrogen-bond donors (Lipinski definition) is 0. The first-order valence-corrected chi connectivity index (χ1v) is 6.55. The van der Waals surface area contributed by atoms with Crippen LogP contribution >= 0.6 is 27.5 Å². The predicted molar refractivity (Wildman–Crippen MR) is 68.9 cm³/mol. The third-order valence-corrected chi connectivity index (χ3v) is 4.13. The Kier molecular flexibility index (Phi) is 2.67. The van der Waals surface area contributed by atoms with Crippen molar-refractivity contribution in [3.63, 3.8) is 0 Å². The van der Waals surface area contributed by atoms with Gasteiger partial charge in [-0.1, -0.05) is 11.6 Å². The van der Waals surface area contributed by atoms with E-state index in [1.165, 1.54) is 12.8 Å². The molecule has 2 aromatic heterocycles. The molecule has 4 nitrogen and oxygen atoms in total. The van der Waals surface area contributed by atoms with Crippen molar-refractivity contribution in [2.75, 3.05) is 0 Å². The number of rotatable bonds is 2. The molecule has 1 saturated carbocycles.